The van der Waals surface area contributed by atoms with Crippen molar-refractivity contribution in [3.8, 4) is 0 Å². The highest BCUT2D eigenvalue weighted by Gasteiger charge is 2.20. The molecule has 0 saturated heterocycles. The number of hydrogen-bond acceptors (Lipinski definition) is 4. The molecule has 3 atom stereocenters. The van der Waals surface area contributed by atoms with Gasteiger partial charge >= 0.3 is 0 Å². The summed E-state index contributed by atoms with van der Waals surface area (Å²) in [5.41, 5.74) is 0. The zero-order valence-corrected chi connectivity index (χ0v) is 31.7. The Hall–Kier alpha value is -0.910. The number of rotatable bonds is 38. The maximum absolute atomic E-state index is 12.4. The van der Waals surface area contributed by atoms with E-state index in [2.05, 4.69) is 19.2 Å². The van der Waals surface area contributed by atoms with Crippen molar-refractivity contribution in [2.75, 3.05) is 6.61 Å². The molecule has 0 fully saturated rings. The van der Waals surface area contributed by atoms with Crippen LogP contribution < -0.4 is 5.32 Å². The second kappa shape index (κ2) is 37.9. The van der Waals surface area contributed by atoms with Crippen LogP contribution in [0.15, 0.2) is 12.2 Å². The Morgan fingerprint density at radius 2 is 0.872 bits per heavy atom. The Labute approximate surface area is 293 Å². The predicted octanol–water partition coefficient (Wildman–Crippen LogP) is 11.7. The third-order valence-corrected chi connectivity index (χ3v) is 9.82. The molecular formula is C42H83NO4. The summed E-state index contributed by atoms with van der Waals surface area (Å²) in [5.74, 6) is -0.314. The van der Waals surface area contributed by atoms with Gasteiger partial charge < -0.3 is 20.6 Å². The summed E-state index contributed by atoms with van der Waals surface area (Å²) in [6.07, 6.45) is 43.6. The van der Waals surface area contributed by atoms with E-state index in [1.165, 1.54) is 173 Å². The van der Waals surface area contributed by atoms with E-state index in [1.54, 1.807) is 6.08 Å². The molecule has 0 spiro atoms. The number of hydrogen-bond donors (Lipinski definition) is 4. The lowest BCUT2D eigenvalue weighted by atomic mass is 10.0. The van der Waals surface area contributed by atoms with Gasteiger partial charge in [0.15, 0.2) is 0 Å². The highest BCUT2D eigenvalue weighted by molar-refractivity contribution is 5.76. The fraction of sp³-hybridized carbons (Fsp3) is 0.929. The first-order valence-electron chi connectivity index (χ1n) is 21.0. The molecular weight excluding hydrogens is 582 g/mol. The standard InChI is InChI=1S/C42H83NO4/c1-3-5-7-9-11-13-15-16-17-18-19-20-21-22-23-24-25-26-27-29-31-33-35-39(45)37-42(47)43-40(38-44)41(46)36-34-32-30-28-14-12-10-8-6-4-2/h34,36,39-41,44-46H,3-33,35,37-38H2,1-2H3,(H,43,47)/b36-34+. The predicted molar refractivity (Wildman–Crippen MR) is 204 cm³/mol. The molecule has 0 aromatic carbocycles. The highest BCUT2D eigenvalue weighted by Crippen LogP contribution is 2.16. The first-order valence-corrected chi connectivity index (χ1v) is 21.0. The number of unbranched alkanes of at least 4 members (excludes halogenated alkanes) is 29. The van der Waals surface area contributed by atoms with Gasteiger partial charge in [0.1, 0.15) is 0 Å². The Kier molecular flexibility index (Phi) is 37.2. The molecule has 0 aliphatic rings. The molecule has 280 valence electrons. The summed E-state index contributed by atoms with van der Waals surface area (Å²) in [4.78, 5) is 12.4. The molecule has 5 heteroatoms. The quantitative estimate of drug-likeness (QED) is 0.0390. The lowest BCUT2D eigenvalue weighted by Crippen LogP contribution is -2.45. The minimum Gasteiger partial charge on any atom is -0.394 e. The molecule has 0 aromatic rings. The molecule has 1 amide bonds. The van der Waals surface area contributed by atoms with E-state index in [1.807, 2.05) is 6.08 Å². The maximum atomic E-state index is 12.4. The molecule has 0 aliphatic carbocycles. The van der Waals surface area contributed by atoms with E-state index in [4.69, 9.17) is 0 Å². The monoisotopic (exact) mass is 666 g/mol. The van der Waals surface area contributed by atoms with E-state index in [0.29, 0.717) is 6.42 Å². The Balaban J connectivity index is 3.57. The Morgan fingerprint density at radius 1 is 0.532 bits per heavy atom. The van der Waals surface area contributed by atoms with Crippen LogP contribution in [0, 0.1) is 0 Å². The van der Waals surface area contributed by atoms with Crippen molar-refractivity contribution in [2.24, 2.45) is 0 Å². The molecule has 0 aromatic heterocycles. The number of aliphatic hydroxyl groups excluding tert-OH is 3. The number of nitrogens with one attached hydrogen (secondary N) is 1. The van der Waals surface area contributed by atoms with Gasteiger partial charge in [0, 0.05) is 0 Å². The topological polar surface area (TPSA) is 89.8 Å². The van der Waals surface area contributed by atoms with Gasteiger partial charge in [0.2, 0.25) is 5.91 Å². The highest BCUT2D eigenvalue weighted by atomic mass is 16.3. The second-order valence-corrected chi connectivity index (χ2v) is 14.6. The molecule has 0 heterocycles. The lowest BCUT2D eigenvalue weighted by Gasteiger charge is -2.21. The van der Waals surface area contributed by atoms with Gasteiger partial charge in [-0.25, -0.2) is 0 Å². The molecule has 0 radical (unpaired) electrons. The summed E-state index contributed by atoms with van der Waals surface area (Å²) in [5, 5.41) is 33.1. The van der Waals surface area contributed by atoms with Crippen LogP contribution >= 0.6 is 0 Å². The fourth-order valence-electron chi connectivity index (χ4n) is 6.58. The van der Waals surface area contributed by atoms with Crippen molar-refractivity contribution in [1.29, 1.82) is 0 Å². The van der Waals surface area contributed by atoms with Crippen LogP contribution in [-0.2, 0) is 4.79 Å². The van der Waals surface area contributed by atoms with Crippen LogP contribution in [0.5, 0.6) is 0 Å². The summed E-state index contributed by atoms with van der Waals surface area (Å²) in [6, 6.07) is -0.737. The van der Waals surface area contributed by atoms with Crippen molar-refractivity contribution in [3.63, 3.8) is 0 Å². The van der Waals surface area contributed by atoms with E-state index < -0.39 is 18.2 Å². The number of aliphatic hydroxyl groups is 3. The van der Waals surface area contributed by atoms with Crippen molar-refractivity contribution in [1.82, 2.24) is 5.32 Å². The summed E-state index contributed by atoms with van der Waals surface area (Å²) < 4.78 is 0. The van der Waals surface area contributed by atoms with Gasteiger partial charge in [-0.3, -0.25) is 4.79 Å². The number of amides is 1. The molecule has 0 bridgehead atoms. The molecule has 5 nitrogen and oxygen atoms in total. The molecule has 0 saturated carbocycles. The van der Waals surface area contributed by atoms with E-state index in [-0.39, 0.29) is 18.9 Å². The van der Waals surface area contributed by atoms with Gasteiger partial charge in [-0.05, 0) is 19.3 Å². The average molecular weight is 666 g/mol. The molecule has 0 rings (SSSR count). The van der Waals surface area contributed by atoms with Gasteiger partial charge in [-0.2, -0.15) is 0 Å². The van der Waals surface area contributed by atoms with E-state index in [9.17, 15) is 20.1 Å². The van der Waals surface area contributed by atoms with Crippen LogP contribution in [0.25, 0.3) is 0 Å². The van der Waals surface area contributed by atoms with Crippen LogP contribution in [0.4, 0.5) is 0 Å². The zero-order chi connectivity index (χ0) is 34.5. The number of carbonyl (C=O) groups excluding carboxylic acids is 1. The molecule has 3 unspecified atom stereocenters. The fourth-order valence-corrected chi connectivity index (χ4v) is 6.58. The van der Waals surface area contributed by atoms with Crippen LogP contribution in [0.3, 0.4) is 0 Å². The average Bonchev–Trinajstić information content (AvgIpc) is 3.06. The minimum absolute atomic E-state index is 0.0183. The number of carbonyl (C=O) groups is 1. The largest absolute Gasteiger partial charge is 0.394 e. The zero-order valence-electron chi connectivity index (χ0n) is 31.7. The van der Waals surface area contributed by atoms with Crippen molar-refractivity contribution >= 4 is 5.91 Å². The molecule has 0 aliphatic heterocycles. The summed E-state index contributed by atoms with van der Waals surface area (Å²) in [7, 11) is 0. The second-order valence-electron chi connectivity index (χ2n) is 14.6. The Bertz CT molecular complexity index is 655. The SMILES string of the molecule is CCCCCCCCCC/C=C/C(O)C(CO)NC(=O)CC(O)CCCCCCCCCCCCCCCCCCCCCCCC. The number of allylic oxidation sites excluding steroid dienone is 1. The minimum atomic E-state index is -0.922. The van der Waals surface area contributed by atoms with Crippen LogP contribution in [0.2, 0.25) is 0 Å². The first kappa shape index (κ1) is 46.1. The Morgan fingerprint density at radius 3 is 1.23 bits per heavy atom. The molecule has 4 N–H and O–H groups in total. The smallest absolute Gasteiger partial charge is 0.222 e. The third-order valence-electron chi connectivity index (χ3n) is 9.82. The first-order chi connectivity index (χ1) is 23.0. The van der Waals surface area contributed by atoms with Gasteiger partial charge in [0.25, 0.3) is 0 Å². The van der Waals surface area contributed by atoms with Crippen molar-refractivity contribution in [2.45, 2.75) is 244 Å². The van der Waals surface area contributed by atoms with E-state index in [0.717, 1.165) is 25.7 Å². The van der Waals surface area contributed by atoms with Crippen molar-refractivity contribution < 1.29 is 20.1 Å². The third kappa shape index (κ3) is 34.7. The van der Waals surface area contributed by atoms with Crippen LogP contribution in [-0.4, -0.2) is 46.1 Å². The lowest BCUT2D eigenvalue weighted by molar-refractivity contribution is -0.124. The van der Waals surface area contributed by atoms with Crippen LogP contribution in [0.1, 0.15) is 226 Å². The van der Waals surface area contributed by atoms with Gasteiger partial charge in [-0.1, -0.05) is 212 Å². The van der Waals surface area contributed by atoms with Gasteiger partial charge in [0.05, 0.1) is 31.3 Å². The summed E-state index contributed by atoms with van der Waals surface area (Å²) in [6.45, 7) is 4.20. The normalized spacial score (nSPS) is 13.7. The molecule has 47 heavy (non-hydrogen) atoms. The van der Waals surface area contributed by atoms with E-state index >= 15 is 0 Å². The van der Waals surface area contributed by atoms with Gasteiger partial charge in [-0.15, -0.1) is 0 Å². The van der Waals surface area contributed by atoms with Crippen molar-refractivity contribution in [3.05, 3.63) is 12.2 Å². The maximum Gasteiger partial charge on any atom is 0.222 e. The summed E-state index contributed by atoms with van der Waals surface area (Å²) >= 11 is 0.